The molecule has 3 fully saturated rings. The van der Waals surface area contributed by atoms with Gasteiger partial charge in [-0.3, -0.25) is 9.69 Å². The second-order valence-corrected chi connectivity index (χ2v) is 6.66. The Labute approximate surface area is 128 Å². The molecule has 0 aliphatic carbocycles. The standard InChI is InChI=1S/C16H29N3O2/c20-16(14-4-1-6-17-12-14)19-8-3-7-18(9-10-19)13-15-5-2-11-21-15/h14-15,17H,1-13H2/t14-,15?/m0/s1. The Kier molecular flexibility index (Phi) is 5.49. The highest BCUT2D eigenvalue weighted by Crippen LogP contribution is 2.17. The predicted octanol–water partition coefficient (Wildman–Crippen LogP) is 0.699. The van der Waals surface area contributed by atoms with E-state index in [-0.39, 0.29) is 5.92 Å². The SMILES string of the molecule is O=C([C@H]1CCCNC1)N1CCCN(CC2CCCO2)CC1. The van der Waals surface area contributed by atoms with Crippen LogP contribution in [0.1, 0.15) is 32.1 Å². The molecule has 3 aliphatic heterocycles. The van der Waals surface area contributed by atoms with Crippen molar-refractivity contribution < 1.29 is 9.53 Å². The third-order valence-corrected chi connectivity index (χ3v) is 5.03. The fourth-order valence-corrected chi connectivity index (χ4v) is 3.77. The van der Waals surface area contributed by atoms with Crippen molar-refractivity contribution in [1.29, 1.82) is 0 Å². The van der Waals surface area contributed by atoms with Crippen LogP contribution in [0.4, 0.5) is 0 Å². The van der Waals surface area contributed by atoms with Crippen LogP contribution >= 0.6 is 0 Å². The van der Waals surface area contributed by atoms with Crippen LogP contribution in [0.3, 0.4) is 0 Å². The lowest BCUT2D eigenvalue weighted by molar-refractivity contribution is -0.135. The summed E-state index contributed by atoms with van der Waals surface area (Å²) in [5.41, 5.74) is 0. The molecule has 3 rings (SSSR count). The molecule has 5 nitrogen and oxygen atoms in total. The molecule has 1 N–H and O–H groups in total. The number of nitrogens with zero attached hydrogens (tertiary/aromatic N) is 2. The Morgan fingerprint density at radius 2 is 2.05 bits per heavy atom. The van der Waals surface area contributed by atoms with Gasteiger partial charge in [0.15, 0.2) is 0 Å². The lowest BCUT2D eigenvalue weighted by Gasteiger charge is -2.29. The first-order valence-corrected chi connectivity index (χ1v) is 8.66. The van der Waals surface area contributed by atoms with Crippen molar-refractivity contribution in [2.24, 2.45) is 5.92 Å². The normalized spacial score (nSPS) is 32.1. The number of amides is 1. The summed E-state index contributed by atoms with van der Waals surface area (Å²) in [6.45, 7) is 7.84. The van der Waals surface area contributed by atoms with Gasteiger partial charge < -0.3 is 15.0 Å². The third-order valence-electron chi connectivity index (χ3n) is 5.03. The minimum Gasteiger partial charge on any atom is -0.377 e. The van der Waals surface area contributed by atoms with Crippen molar-refractivity contribution >= 4 is 5.91 Å². The second kappa shape index (κ2) is 7.56. The monoisotopic (exact) mass is 295 g/mol. The van der Waals surface area contributed by atoms with E-state index in [1.54, 1.807) is 0 Å². The topological polar surface area (TPSA) is 44.8 Å². The number of hydrogen-bond donors (Lipinski definition) is 1. The first-order chi connectivity index (χ1) is 10.3. The highest BCUT2D eigenvalue weighted by Gasteiger charge is 2.28. The second-order valence-electron chi connectivity index (χ2n) is 6.66. The van der Waals surface area contributed by atoms with E-state index in [1.807, 2.05) is 0 Å². The van der Waals surface area contributed by atoms with Crippen LogP contribution in [0.15, 0.2) is 0 Å². The molecule has 0 spiro atoms. The molecule has 0 saturated carbocycles. The first-order valence-electron chi connectivity index (χ1n) is 8.66. The van der Waals surface area contributed by atoms with E-state index in [9.17, 15) is 4.79 Å². The van der Waals surface area contributed by atoms with Crippen LogP contribution in [-0.4, -0.2) is 74.2 Å². The molecule has 3 aliphatic rings. The maximum Gasteiger partial charge on any atom is 0.227 e. The largest absolute Gasteiger partial charge is 0.377 e. The molecule has 1 amide bonds. The average Bonchev–Trinajstić information content (AvgIpc) is 2.92. The maximum absolute atomic E-state index is 12.6. The van der Waals surface area contributed by atoms with Gasteiger partial charge in [0.25, 0.3) is 0 Å². The zero-order valence-corrected chi connectivity index (χ0v) is 13.1. The minimum absolute atomic E-state index is 0.212. The summed E-state index contributed by atoms with van der Waals surface area (Å²) in [6.07, 6.45) is 6.12. The quantitative estimate of drug-likeness (QED) is 0.832. The van der Waals surface area contributed by atoms with Crippen LogP contribution in [0.25, 0.3) is 0 Å². The molecule has 3 saturated heterocycles. The fraction of sp³-hybridized carbons (Fsp3) is 0.938. The molecule has 21 heavy (non-hydrogen) atoms. The molecule has 2 atom stereocenters. The Morgan fingerprint density at radius 3 is 2.81 bits per heavy atom. The van der Waals surface area contributed by atoms with E-state index in [4.69, 9.17) is 4.74 Å². The molecule has 5 heteroatoms. The summed E-state index contributed by atoms with van der Waals surface area (Å²) in [7, 11) is 0. The Bertz CT molecular complexity index is 338. The summed E-state index contributed by atoms with van der Waals surface area (Å²) >= 11 is 0. The highest BCUT2D eigenvalue weighted by atomic mass is 16.5. The summed E-state index contributed by atoms with van der Waals surface area (Å²) in [4.78, 5) is 17.2. The van der Waals surface area contributed by atoms with Crippen LogP contribution in [0.5, 0.6) is 0 Å². The number of carbonyl (C=O) groups is 1. The number of carbonyl (C=O) groups excluding carboxylic acids is 1. The summed E-state index contributed by atoms with van der Waals surface area (Å²) in [5, 5.41) is 3.35. The maximum atomic E-state index is 12.6. The van der Waals surface area contributed by atoms with E-state index < -0.39 is 0 Å². The van der Waals surface area contributed by atoms with E-state index in [2.05, 4.69) is 15.1 Å². The molecular formula is C16H29N3O2. The molecule has 3 heterocycles. The van der Waals surface area contributed by atoms with E-state index >= 15 is 0 Å². The summed E-state index contributed by atoms with van der Waals surface area (Å²) < 4.78 is 5.74. The molecule has 1 unspecified atom stereocenters. The van der Waals surface area contributed by atoms with Gasteiger partial charge in [-0.15, -0.1) is 0 Å². The highest BCUT2D eigenvalue weighted by molar-refractivity contribution is 5.79. The molecule has 0 bridgehead atoms. The van der Waals surface area contributed by atoms with Crippen LogP contribution < -0.4 is 5.32 Å². The van der Waals surface area contributed by atoms with Crippen molar-refractivity contribution in [3.05, 3.63) is 0 Å². The van der Waals surface area contributed by atoms with Gasteiger partial charge in [-0.25, -0.2) is 0 Å². The number of piperidine rings is 1. The lowest BCUT2D eigenvalue weighted by Crippen LogP contribution is -2.44. The van der Waals surface area contributed by atoms with Crippen LogP contribution in [0.2, 0.25) is 0 Å². The van der Waals surface area contributed by atoms with Gasteiger partial charge in [-0.05, 0) is 45.2 Å². The van der Waals surface area contributed by atoms with Gasteiger partial charge in [0.2, 0.25) is 5.91 Å². The Hall–Kier alpha value is -0.650. The molecule has 0 aromatic rings. The van der Waals surface area contributed by atoms with Gasteiger partial charge in [-0.2, -0.15) is 0 Å². The molecule has 120 valence electrons. The van der Waals surface area contributed by atoms with Crippen LogP contribution in [-0.2, 0) is 9.53 Å². The summed E-state index contributed by atoms with van der Waals surface area (Å²) in [6, 6.07) is 0. The van der Waals surface area contributed by atoms with Crippen molar-refractivity contribution in [2.45, 2.75) is 38.2 Å². The Morgan fingerprint density at radius 1 is 1.10 bits per heavy atom. The molecule has 0 aromatic carbocycles. The zero-order chi connectivity index (χ0) is 14.5. The molecular weight excluding hydrogens is 266 g/mol. The smallest absolute Gasteiger partial charge is 0.227 e. The van der Waals surface area contributed by atoms with Gasteiger partial charge in [0.05, 0.1) is 12.0 Å². The van der Waals surface area contributed by atoms with E-state index in [0.29, 0.717) is 12.0 Å². The van der Waals surface area contributed by atoms with Crippen molar-refractivity contribution in [3.8, 4) is 0 Å². The average molecular weight is 295 g/mol. The van der Waals surface area contributed by atoms with Crippen molar-refractivity contribution in [1.82, 2.24) is 15.1 Å². The first kappa shape index (κ1) is 15.3. The van der Waals surface area contributed by atoms with E-state index in [1.165, 1.54) is 12.8 Å². The lowest BCUT2D eigenvalue weighted by atomic mass is 9.98. The van der Waals surface area contributed by atoms with Gasteiger partial charge >= 0.3 is 0 Å². The van der Waals surface area contributed by atoms with Crippen molar-refractivity contribution in [3.63, 3.8) is 0 Å². The third kappa shape index (κ3) is 4.18. The van der Waals surface area contributed by atoms with Crippen LogP contribution in [0, 0.1) is 5.92 Å². The molecule has 0 radical (unpaired) electrons. The van der Waals surface area contributed by atoms with Gasteiger partial charge in [0.1, 0.15) is 0 Å². The number of nitrogens with one attached hydrogen (secondary N) is 1. The number of rotatable bonds is 3. The summed E-state index contributed by atoms with van der Waals surface area (Å²) in [5.74, 6) is 0.588. The fourth-order valence-electron chi connectivity index (χ4n) is 3.77. The van der Waals surface area contributed by atoms with Gasteiger partial charge in [0, 0.05) is 39.3 Å². The van der Waals surface area contributed by atoms with Crippen molar-refractivity contribution in [2.75, 3.05) is 52.4 Å². The Balaban J connectivity index is 1.46. The predicted molar refractivity (Wildman–Crippen MR) is 82.2 cm³/mol. The van der Waals surface area contributed by atoms with Gasteiger partial charge in [-0.1, -0.05) is 0 Å². The minimum atomic E-state index is 0.212. The zero-order valence-electron chi connectivity index (χ0n) is 13.1. The molecule has 0 aromatic heterocycles. The number of ether oxygens (including phenoxy) is 1. The number of hydrogen-bond acceptors (Lipinski definition) is 4. The van der Waals surface area contributed by atoms with E-state index in [0.717, 1.165) is 71.7 Å².